The highest BCUT2D eigenvalue weighted by Crippen LogP contribution is 2.27. The van der Waals surface area contributed by atoms with Crippen molar-refractivity contribution in [2.45, 2.75) is 79.8 Å². The average molecular weight is 520 g/mol. The summed E-state index contributed by atoms with van der Waals surface area (Å²) < 4.78 is 21.1. The molecule has 9 heteroatoms. The normalized spacial score (nSPS) is 16.6. The van der Waals surface area contributed by atoms with E-state index < -0.39 is 17.4 Å². The molecule has 2 aromatic rings. The number of rotatable bonds is 7. The van der Waals surface area contributed by atoms with E-state index >= 15 is 0 Å². The summed E-state index contributed by atoms with van der Waals surface area (Å²) in [6, 6.07) is 3.50. The summed E-state index contributed by atoms with van der Waals surface area (Å²) in [6.07, 6.45) is 4.76. The lowest BCUT2D eigenvalue weighted by Gasteiger charge is -2.30. The molecule has 1 atom stereocenters. The quantitative estimate of drug-likeness (QED) is 0.506. The molecule has 4 N–H and O–H groups in total. The number of nitrogens with one attached hydrogen (secondary N) is 2. The van der Waals surface area contributed by atoms with E-state index in [-0.39, 0.29) is 17.4 Å². The molecule has 2 heterocycles. The SMILES string of the molecule is CC.CC(C)(C)C(NC(=O)c1nn(CC2CCOCC2)c2cc(F)ccc12)C(=O)NCCN.CC1CC1. The van der Waals surface area contributed by atoms with Crippen LogP contribution in [0.2, 0.25) is 0 Å². The Hall–Kier alpha value is -2.52. The fourth-order valence-electron chi connectivity index (χ4n) is 3.97. The van der Waals surface area contributed by atoms with Gasteiger partial charge in [-0.1, -0.05) is 54.4 Å². The van der Waals surface area contributed by atoms with Gasteiger partial charge in [-0.3, -0.25) is 14.3 Å². The van der Waals surface area contributed by atoms with Crippen LogP contribution < -0.4 is 16.4 Å². The second kappa shape index (κ2) is 14.4. The predicted octanol–water partition coefficient (Wildman–Crippen LogP) is 4.26. The van der Waals surface area contributed by atoms with Crippen LogP contribution in [0.15, 0.2) is 18.2 Å². The number of fused-ring (bicyclic) bond motifs is 1. The standard InChI is InChI=1S/C22H32FN5O3.C4H8.C2H6/c1-22(2,3)19(21(30)25-9-8-24)26-20(29)18-16-5-4-15(23)12-17(16)28(27-18)13-14-6-10-31-11-7-14;1-4-2-3-4;1-2/h4-5,12,14,19H,6-11,13,24H2,1-3H3,(H,25,30)(H,26,29);4H,2-3H2,1H3;1-2H3. The molecule has 1 unspecified atom stereocenters. The number of halogens is 1. The fourth-order valence-corrected chi connectivity index (χ4v) is 3.97. The smallest absolute Gasteiger partial charge is 0.273 e. The molecule has 1 aromatic carbocycles. The van der Waals surface area contributed by atoms with Gasteiger partial charge in [-0.25, -0.2) is 4.39 Å². The van der Waals surface area contributed by atoms with E-state index in [9.17, 15) is 14.0 Å². The van der Waals surface area contributed by atoms with Gasteiger partial charge in [0.25, 0.3) is 5.91 Å². The highest BCUT2D eigenvalue weighted by atomic mass is 19.1. The van der Waals surface area contributed by atoms with Crippen molar-refractivity contribution in [3.8, 4) is 0 Å². The molecule has 1 saturated carbocycles. The molecule has 37 heavy (non-hydrogen) atoms. The van der Waals surface area contributed by atoms with Crippen molar-refractivity contribution in [1.82, 2.24) is 20.4 Å². The number of carbonyl (C=O) groups excluding carboxylic acids is 2. The van der Waals surface area contributed by atoms with Crippen LogP contribution >= 0.6 is 0 Å². The van der Waals surface area contributed by atoms with Gasteiger partial charge in [0.05, 0.1) is 5.52 Å². The molecule has 0 bridgehead atoms. The van der Waals surface area contributed by atoms with E-state index in [4.69, 9.17) is 10.5 Å². The van der Waals surface area contributed by atoms with Gasteiger partial charge in [0.2, 0.25) is 5.91 Å². The van der Waals surface area contributed by atoms with Crippen LogP contribution in [0.25, 0.3) is 10.9 Å². The zero-order chi connectivity index (χ0) is 27.6. The Balaban J connectivity index is 0.000000716. The number of nitrogens with two attached hydrogens (primary N) is 1. The van der Waals surface area contributed by atoms with Crippen LogP contribution in [0.4, 0.5) is 4.39 Å². The number of ether oxygens (including phenoxy) is 1. The van der Waals surface area contributed by atoms with E-state index in [2.05, 4.69) is 22.7 Å². The molecule has 2 aliphatic rings. The minimum atomic E-state index is -0.775. The van der Waals surface area contributed by atoms with Crippen molar-refractivity contribution in [2.75, 3.05) is 26.3 Å². The Labute approximate surface area is 220 Å². The van der Waals surface area contributed by atoms with Gasteiger partial charge in [-0.05, 0) is 48.3 Å². The summed E-state index contributed by atoms with van der Waals surface area (Å²) in [6.45, 7) is 14.5. The monoisotopic (exact) mass is 519 g/mol. The van der Waals surface area contributed by atoms with Crippen molar-refractivity contribution in [3.05, 3.63) is 29.7 Å². The first-order valence-electron chi connectivity index (χ1n) is 13.6. The van der Waals surface area contributed by atoms with E-state index in [1.165, 1.54) is 25.0 Å². The van der Waals surface area contributed by atoms with Gasteiger partial charge >= 0.3 is 0 Å². The van der Waals surface area contributed by atoms with Crippen LogP contribution in [0.3, 0.4) is 0 Å². The highest BCUT2D eigenvalue weighted by Gasteiger charge is 2.34. The zero-order valence-corrected chi connectivity index (χ0v) is 23.4. The second-order valence-corrected chi connectivity index (χ2v) is 10.8. The maximum Gasteiger partial charge on any atom is 0.273 e. The number of hydrogen-bond donors (Lipinski definition) is 3. The first-order valence-corrected chi connectivity index (χ1v) is 13.6. The molecule has 0 spiro atoms. The van der Waals surface area contributed by atoms with Crippen molar-refractivity contribution in [2.24, 2.45) is 23.0 Å². The predicted molar refractivity (Wildman–Crippen MR) is 146 cm³/mol. The summed E-state index contributed by atoms with van der Waals surface area (Å²) in [5.74, 6) is 0.273. The zero-order valence-electron chi connectivity index (χ0n) is 23.4. The number of benzene rings is 1. The minimum Gasteiger partial charge on any atom is -0.381 e. The molecule has 2 amide bonds. The molecule has 1 aromatic heterocycles. The van der Waals surface area contributed by atoms with Gasteiger partial charge in [0.1, 0.15) is 11.9 Å². The van der Waals surface area contributed by atoms with Crippen molar-refractivity contribution < 1.29 is 18.7 Å². The molecule has 1 aliphatic carbocycles. The van der Waals surface area contributed by atoms with Crippen LogP contribution in [-0.2, 0) is 16.1 Å². The summed E-state index contributed by atoms with van der Waals surface area (Å²) in [5, 5.41) is 10.6. The summed E-state index contributed by atoms with van der Waals surface area (Å²) in [7, 11) is 0. The Morgan fingerprint density at radius 3 is 2.35 bits per heavy atom. The van der Waals surface area contributed by atoms with Gasteiger partial charge in [-0.2, -0.15) is 5.10 Å². The lowest BCUT2D eigenvalue weighted by Crippen LogP contribution is -2.54. The third-order valence-corrected chi connectivity index (χ3v) is 6.41. The number of carbonyl (C=O) groups is 2. The number of nitrogens with zero attached hydrogens (tertiary/aromatic N) is 2. The number of amides is 2. The maximum atomic E-state index is 14.0. The molecular weight excluding hydrogens is 473 g/mol. The molecule has 4 rings (SSSR count). The largest absolute Gasteiger partial charge is 0.381 e. The van der Waals surface area contributed by atoms with Crippen molar-refractivity contribution in [3.63, 3.8) is 0 Å². The first kappa shape index (κ1) is 30.7. The maximum absolute atomic E-state index is 14.0. The fraction of sp³-hybridized carbons (Fsp3) is 0.679. The molecular formula is C28H46FN5O3. The van der Waals surface area contributed by atoms with E-state index in [0.29, 0.717) is 49.7 Å². The molecule has 2 fully saturated rings. The Morgan fingerprint density at radius 2 is 1.81 bits per heavy atom. The summed E-state index contributed by atoms with van der Waals surface area (Å²) >= 11 is 0. The number of hydrogen-bond acceptors (Lipinski definition) is 5. The lowest BCUT2D eigenvalue weighted by molar-refractivity contribution is -0.125. The Morgan fingerprint density at radius 1 is 1.19 bits per heavy atom. The molecule has 1 aliphatic heterocycles. The van der Waals surface area contributed by atoms with Crippen LogP contribution in [-0.4, -0.2) is 53.9 Å². The van der Waals surface area contributed by atoms with E-state index in [0.717, 1.165) is 18.8 Å². The van der Waals surface area contributed by atoms with Crippen molar-refractivity contribution in [1.29, 1.82) is 0 Å². The molecule has 8 nitrogen and oxygen atoms in total. The molecule has 0 radical (unpaired) electrons. The average Bonchev–Trinajstić information content (AvgIpc) is 3.59. The summed E-state index contributed by atoms with van der Waals surface area (Å²) in [5.41, 5.74) is 5.70. The molecule has 208 valence electrons. The van der Waals surface area contributed by atoms with Gasteiger partial charge in [0, 0.05) is 38.2 Å². The highest BCUT2D eigenvalue weighted by molar-refractivity contribution is 6.06. The van der Waals surface area contributed by atoms with Gasteiger partial charge < -0.3 is 21.1 Å². The first-order chi connectivity index (χ1) is 17.6. The Kier molecular flexibility index (Phi) is 12.0. The second-order valence-electron chi connectivity index (χ2n) is 10.8. The van der Waals surface area contributed by atoms with Gasteiger partial charge in [-0.15, -0.1) is 0 Å². The third kappa shape index (κ3) is 9.38. The lowest BCUT2D eigenvalue weighted by atomic mass is 9.86. The minimum absolute atomic E-state index is 0.183. The topological polar surface area (TPSA) is 111 Å². The number of aromatic nitrogens is 2. The van der Waals surface area contributed by atoms with Crippen LogP contribution in [0.5, 0.6) is 0 Å². The molecule has 1 saturated heterocycles. The van der Waals surface area contributed by atoms with Gasteiger partial charge in [0.15, 0.2) is 5.69 Å². The van der Waals surface area contributed by atoms with E-state index in [1.54, 1.807) is 10.7 Å². The summed E-state index contributed by atoms with van der Waals surface area (Å²) in [4.78, 5) is 25.8. The van der Waals surface area contributed by atoms with E-state index in [1.807, 2.05) is 34.6 Å². The third-order valence-electron chi connectivity index (χ3n) is 6.41. The van der Waals surface area contributed by atoms with Crippen LogP contribution in [0.1, 0.15) is 77.7 Å². The van der Waals surface area contributed by atoms with Crippen molar-refractivity contribution >= 4 is 22.7 Å². The van der Waals surface area contributed by atoms with Crippen LogP contribution in [0, 0.1) is 23.1 Å². The Bertz CT molecular complexity index is 1010.